The van der Waals surface area contributed by atoms with Crippen molar-refractivity contribution < 1.29 is 22.4 Å². The van der Waals surface area contributed by atoms with Crippen LogP contribution in [-0.4, -0.2) is 15.9 Å². The van der Waals surface area contributed by atoms with Crippen LogP contribution in [0, 0.1) is 11.7 Å². The monoisotopic (exact) mass is 401 g/mol. The molecule has 0 radical (unpaired) electrons. The number of amides is 1. The van der Waals surface area contributed by atoms with E-state index in [-0.39, 0.29) is 16.5 Å². The van der Waals surface area contributed by atoms with Gasteiger partial charge in [-0.15, -0.1) is 0 Å². The Morgan fingerprint density at radius 3 is 2.41 bits per heavy atom. The third kappa shape index (κ3) is 4.55. The second-order valence-electron chi connectivity index (χ2n) is 6.68. The average molecular weight is 402 g/mol. The van der Waals surface area contributed by atoms with Crippen LogP contribution in [0.2, 0.25) is 5.02 Å². The molecule has 9 heteroatoms. The van der Waals surface area contributed by atoms with Crippen LogP contribution < -0.4 is 5.73 Å². The van der Waals surface area contributed by atoms with Crippen molar-refractivity contribution in [3.63, 3.8) is 0 Å². The van der Waals surface area contributed by atoms with Crippen LogP contribution in [0.25, 0.3) is 0 Å². The first kappa shape index (κ1) is 19.5. The third-order valence-electron chi connectivity index (χ3n) is 4.60. The Labute approximate surface area is 157 Å². The second kappa shape index (κ2) is 7.42. The molecule has 0 saturated heterocycles. The number of halogens is 5. The molecule has 2 N–H and O–H groups in total. The maximum Gasteiger partial charge on any atom is 0.451 e. The summed E-state index contributed by atoms with van der Waals surface area (Å²) >= 11 is 6.16. The lowest BCUT2D eigenvalue weighted by Gasteiger charge is -2.19. The van der Waals surface area contributed by atoms with Gasteiger partial charge < -0.3 is 5.73 Å². The molecule has 1 atom stereocenters. The van der Waals surface area contributed by atoms with Gasteiger partial charge in [0.2, 0.25) is 5.82 Å². The number of primary amides is 1. The van der Waals surface area contributed by atoms with Crippen molar-refractivity contribution in [1.29, 1.82) is 0 Å². The predicted octanol–water partition coefficient (Wildman–Crippen LogP) is 4.51. The van der Waals surface area contributed by atoms with Gasteiger partial charge in [0.1, 0.15) is 5.82 Å². The van der Waals surface area contributed by atoms with Gasteiger partial charge in [-0.2, -0.15) is 13.2 Å². The Balaban J connectivity index is 1.90. The van der Waals surface area contributed by atoms with Crippen LogP contribution >= 0.6 is 11.6 Å². The topological polar surface area (TPSA) is 68.9 Å². The van der Waals surface area contributed by atoms with E-state index in [1.54, 1.807) is 0 Å². The van der Waals surface area contributed by atoms with Crippen molar-refractivity contribution in [1.82, 2.24) is 9.97 Å². The minimum atomic E-state index is -4.61. The zero-order valence-corrected chi connectivity index (χ0v) is 14.8. The predicted molar refractivity (Wildman–Crippen MR) is 90.7 cm³/mol. The standard InChI is InChI=1S/C18H16ClF4N3O/c19-15-10(3-4-13(20)14(15)16(24)27)6-11(5-9-1-2-9)12-7-25-17(26-8-12)18(21,22)23/h3-4,7-9,11H,1-2,5-6H2,(H2,24,27). The molecule has 1 heterocycles. The number of hydrogen-bond acceptors (Lipinski definition) is 3. The van der Waals surface area contributed by atoms with E-state index in [0.717, 1.165) is 31.3 Å². The molecule has 0 spiro atoms. The van der Waals surface area contributed by atoms with Crippen LogP contribution in [0.15, 0.2) is 24.5 Å². The number of hydrogen-bond donors (Lipinski definition) is 1. The van der Waals surface area contributed by atoms with E-state index in [1.165, 1.54) is 6.07 Å². The highest BCUT2D eigenvalue weighted by Gasteiger charge is 2.35. The summed E-state index contributed by atoms with van der Waals surface area (Å²) in [5.74, 6) is -2.73. The summed E-state index contributed by atoms with van der Waals surface area (Å²) in [7, 11) is 0. The van der Waals surface area contributed by atoms with Gasteiger partial charge in [0, 0.05) is 12.4 Å². The molecular weight excluding hydrogens is 386 g/mol. The van der Waals surface area contributed by atoms with Gasteiger partial charge in [-0.3, -0.25) is 4.79 Å². The molecule has 1 unspecified atom stereocenters. The van der Waals surface area contributed by atoms with Gasteiger partial charge in [0.25, 0.3) is 5.91 Å². The van der Waals surface area contributed by atoms with Crippen LogP contribution in [0.1, 0.15) is 52.5 Å². The lowest BCUT2D eigenvalue weighted by Crippen LogP contribution is -2.16. The van der Waals surface area contributed by atoms with E-state index in [4.69, 9.17) is 17.3 Å². The van der Waals surface area contributed by atoms with Crippen molar-refractivity contribution in [3.8, 4) is 0 Å². The number of carbonyl (C=O) groups is 1. The molecule has 1 amide bonds. The molecule has 27 heavy (non-hydrogen) atoms. The van der Waals surface area contributed by atoms with Gasteiger partial charge in [0.15, 0.2) is 0 Å². The number of nitrogens with two attached hydrogens (primary N) is 1. The normalized spacial score (nSPS) is 15.6. The molecule has 2 aromatic rings. The molecule has 0 aliphatic heterocycles. The number of aromatic nitrogens is 2. The van der Waals surface area contributed by atoms with E-state index in [1.807, 2.05) is 0 Å². The highest BCUT2D eigenvalue weighted by atomic mass is 35.5. The maximum absolute atomic E-state index is 13.8. The van der Waals surface area contributed by atoms with E-state index < -0.39 is 23.7 Å². The molecule has 0 bridgehead atoms. The molecule has 1 aromatic heterocycles. The molecule has 4 nitrogen and oxygen atoms in total. The minimum Gasteiger partial charge on any atom is -0.365 e. The summed E-state index contributed by atoms with van der Waals surface area (Å²) < 4.78 is 51.8. The van der Waals surface area contributed by atoms with E-state index in [9.17, 15) is 22.4 Å². The van der Waals surface area contributed by atoms with Crippen molar-refractivity contribution in [2.45, 2.75) is 37.8 Å². The van der Waals surface area contributed by atoms with E-state index in [2.05, 4.69) is 9.97 Å². The second-order valence-corrected chi connectivity index (χ2v) is 7.06. The van der Waals surface area contributed by atoms with E-state index in [0.29, 0.717) is 29.9 Å². The van der Waals surface area contributed by atoms with Crippen LogP contribution in [0.5, 0.6) is 0 Å². The average Bonchev–Trinajstić information content (AvgIpc) is 3.40. The van der Waals surface area contributed by atoms with Crippen LogP contribution in [0.3, 0.4) is 0 Å². The molecular formula is C18H16ClF4N3O. The molecule has 1 aliphatic carbocycles. The molecule has 1 aliphatic rings. The summed E-state index contributed by atoms with van der Waals surface area (Å²) in [6.45, 7) is 0. The summed E-state index contributed by atoms with van der Waals surface area (Å²) in [6, 6.07) is 2.56. The Hall–Kier alpha value is -2.22. The summed E-state index contributed by atoms with van der Waals surface area (Å²) in [5, 5.41) is -0.0730. The first-order valence-corrected chi connectivity index (χ1v) is 8.70. The quantitative estimate of drug-likeness (QED) is 0.724. The third-order valence-corrected chi connectivity index (χ3v) is 5.03. The Kier molecular flexibility index (Phi) is 5.37. The number of alkyl halides is 3. The summed E-state index contributed by atoms with van der Waals surface area (Å²) in [4.78, 5) is 18.3. The fourth-order valence-corrected chi connectivity index (χ4v) is 3.36. The number of carbonyl (C=O) groups excluding carboxylic acids is 1. The maximum atomic E-state index is 13.8. The molecule has 144 valence electrons. The molecule has 1 saturated carbocycles. The SMILES string of the molecule is NC(=O)c1c(F)ccc(CC(CC2CC2)c2cnc(C(F)(F)F)nc2)c1Cl. The Morgan fingerprint density at radius 1 is 1.26 bits per heavy atom. The summed E-state index contributed by atoms with van der Waals surface area (Å²) in [6.07, 6.45) is 0.827. The minimum absolute atomic E-state index is 0.0730. The first-order valence-electron chi connectivity index (χ1n) is 8.32. The molecule has 1 aromatic carbocycles. The lowest BCUT2D eigenvalue weighted by molar-refractivity contribution is -0.145. The molecule has 1 fully saturated rings. The largest absolute Gasteiger partial charge is 0.451 e. The van der Waals surface area contributed by atoms with Crippen LogP contribution in [-0.2, 0) is 12.6 Å². The Bertz CT molecular complexity index is 851. The van der Waals surface area contributed by atoms with Gasteiger partial charge in [-0.05, 0) is 41.9 Å². The number of nitrogens with zero attached hydrogens (tertiary/aromatic N) is 2. The number of rotatable bonds is 6. The fourth-order valence-electron chi connectivity index (χ4n) is 3.03. The summed E-state index contributed by atoms with van der Waals surface area (Å²) in [5.41, 5.74) is 5.83. The van der Waals surface area contributed by atoms with E-state index >= 15 is 0 Å². The zero-order chi connectivity index (χ0) is 19.8. The van der Waals surface area contributed by atoms with Crippen molar-refractivity contribution in [2.75, 3.05) is 0 Å². The lowest BCUT2D eigenvalue weighted by atomic mass is 9.88. The van der Waals surface area contributed by atoms with Crippen molar-refractivity contribution in [3.05, 3.63) is 57.9 Å². The Morgan fingerprint density at radius 2 is 1.89 bits per heavy atom. The van der Waals surface area contributed by atoms with Crippen LogP contribution in [0.4, 0.5) is 17.6 Å². The van der Waals surface area contributed by atoms with Gasteiger partial charge >= 0.3 is 6.18 Å². The highest BCUT2D eigenvalue weighted by Crippen LogP contribution is 2.41. The van der Waals surface area contributed by atoms with Gasteiger partial charge in [-0.25, -0.2) is 14.4 Å². The fraction of sp³-hybridized carbons (Fsp3) is 0.389. The van der Waals surface area contributed by atoms with Gasteiger partial charge in [-0.1, -0.05) is 30.5 Å². The van der Waals surface area contributed by atoms with Crippen molar-refractivity contribution >= 4 is 17.5 Å². The highest BCUT2D eigenvalue weighted by molar-refractivity contribution is 6.34. The number of benzene rings is 1. The smallest absolute Gasteiger partial charge is 0.365 e. The molecule has 3 rings (SSSR count). The van der Waals surface area contributed by atoms with Gasteiger partial charge in [0.05, 0.1) is 10.6 Å². The zero-order valence-electron chi connectivity index (χ0n) is 14.1. The first-order chi connectivity index (χ1) is 12.7. The van der Waals surface area contributed by atoms with Crippen molar-refractivity contribution in [2.24, 2.45) is 11.7 Å².